The highest BCUT2D eigenvalue weighted by atomic mass is 35.5. The van der Waals surface area contributed by atoms with Crippen LogP contribution in [0.1, 0.15) is 6.42 Å². The molecule has 10 heteroatoms. The number of carbonyl (C=O) groups is 1. The van der Waals surface area contributed by atoms with E-state index in [9.17, 15) is 13.2 Å². The van der Waals surface area contributed by atoms with Crippen LogP contribution in [0.2, 0.25) is 4.47 Å². The van der Waals surface area contributed by atoms with Crippen LogP contribution >= 0.6 is 22.9 Å². The number of carbonyl (C=O) groups excluding carboxylic acids is 1. The topological polar surface area (TPSA) is 88.6 Å². The number of thiazole rings is 1. The Kier molecular flexibility index (Phi) is 5.33. The molecule has 1 aliphatic heterocycles. The standard InChI is InChI=1S/C10H14ClN3O4S2/c11-10-12-7-9(19-10)20(16,17)13-2-1-8(15)14-3-5-18-6-4-14/h7,13H,1-6H2. The minimum absolute atomic E-state index is 0.0429. The number of nitrogens with one attached hydrogen (secondary N) is 1. The average Bonchev–Trinajstić information content (AvgIpc) is 2.87. The molecule has 1 amide bonds. The lowest BCUT2D eigenvalue weighted by Crippen LogP contribution is -2.41. The first kappa shape index (κ1) is 15.6. The van der Waals surface area contributed by atoms with Crippen LogP contribution in [-0.2, 0) is 19.6 Å². The third kappa shape index (κ3) is 4.13. The first-order valence-corrected chi connectivity index (χ1v) is 8.63. The maximum atomic E-state index is 11.9. The third-order valence-electron chi connectivity index (χ3n) is 2.72. The van der Waals surface area contributed by atoms with Crippen molar-refractivity contribution in [3.8, 4) is 0 Å². The normalized spacial score (nSPS) is 16.4. The van der Waals surface area contributed by atoms with E-state index >= 15 is 0 Å². The fourth-order valence-electron chi connectivity index (χ4n) is 1.70. The van der Waals surface area contributed by atoms with Gasteiger partial charge in [0.2, 0.25) is 5.91 Å². The zero-order valence-corrected chi connectivity index (χ0v) is 12.9. The number of sulfonamides is 1. The highest BCUT2D eigenvalue weighted by Gasteiger charge is 2.20. The van der Waals surface area contributed by atoms with Gasteiger partial charge in [0.25, 0.3) is 10.0 Å². The summed E-state index contributed by atoms with van der Waals surface area (Å²) < 4.78 is 31.4. The van der Waals surface area contributed by atoms with Crippen LogP contribution in [-0.4, -0.2) is 57.1 Å². The summed E-state index contributed by atoms with van der Waals surface area (Å²) in [5.74, 6) is -0.0849. The maximum absolute atomic E-state index is 11.9. The third-order valence-corrected chi connectivity index (χ3v) is 5.75. The van der Waals surface area contributed by atoms with E-state index < -0.39 is 10.0 Å². The van der Waals surface area contributed by atoms with Crippen molar-refractivity contribution in [1.82, 2.24) is 14.6 Å². The quantitative estimate of drug-likeness (QED) is 0.834. The van der Waals surface area contributed by atoms with Gasteiger partial charge in [-0.15, -0.1) is 0 Å². The number of hydrogen-bond acceptors (Lipinski definition) is 6. The average molecular weight is 340 g/mol. The van der Waals surface area contributed by atoms with E-state index in [4.69, 9.17) is 16.3 Å². The van der Waals surface area contributed by atoms with Gasteiger partial charge in [0.05, 0.1) is 19.4 Å². The van der Waals surface area contributed by atoms with E-state index in [2.05, 4.69) is 9.71 Å². The number of morpholine rings is 1. The lowest BCUT2D eigenvalue weighted by atomic mass is 10.3. The molecule has 1 N–H and O–H groups in total. The molecule has 2 heterocycles. The zero-order chi connectivity index (χ0) is 14.6. The molecule has 2 rings (SSSR count). The molecular formula is C10H14ClN3O4S2. The van der Waals surface area contributed by atoms with E-state index in [0.29, 0.717) is 26.3 Å². The highest BCUT2D eigenvalue weighted by molar-refractivity contribution is 7.91. The molecule has 1 aromatic rings. The van der Waals surface area contributed by atoms with Gasteiger partial charge in [-0.1, -0.05) is 22.9 Å². The van der Waals surface area contributed by atoms with Crippen LogP contribution < -0.4 is 4.72 Å². The van der Waals surface area contributed by atoms with Gasteiger partial charge >= 0.3 is 0 Å². The summed E-state index contributed by atoms with van der Waals surface area (Å²) in [6.07, 6.45) is 1.31. The molecular weight excluding hydrogens is 326 g/mol. The first-order valence-electron chi connectivity index (χ1n) is 5.95. The van der Waals surface area contributed by atoms with Crippen LogP contribution in [0.3, 0.4) is 0 Å². The Hall–Kier alpha value is -0.740. The second-order valence-electron chi connectivity index (χ2n) is 4.07. The van der Waals surface area contributed by atoms with Gasteiger partial charge in [0.1, 0.15) is 0 Å². The maximum Gasteiger partial charge on any atom is 0.251 e. The number of aromatic nitrogens is 1. The van der Waals surface area contributed by atoms with E-state index in [0.717, 1.165) is 11.3 Å². The van der Waals surface area contributed by atoms with Gasteiger partial charge in [-0.25, -0.2) is 18.1 Å². The summed E-state index contributed by atoms with van der Waals surface area (Å²) in [6, 6.07) is 0. The van der Waals surface area contributed by atoms with Crippen LogP contribution in [0.25, 0.3) is 0 Å². The smallest absolute Gasteiger partial charge is 0.251 e. The highest BCUT2D eigenvalue weighted by Crippen LogP contribution is 2.21. The molecule has 0 spiro atoms. The summed E-state index contributed by atoms with van der Waals surface area (Å²) in [7, 11) is -3.64. The molecule has 0 aliphatic carbocycles. The predicted molar refractivity (Wildman–Crippen MR) is 74.3 cm³/mol. The monoisotopic (exact) mass is 339 g/mol. The summed E-state index contributed by atoms with van der Waals surface area (Å²) >= 11 is 6.47. The van der Waals surface area contributed by atoms with E-state index in [1.54, 1.807) is 4.90 Å². The summed E-state index contributed by atoms with van der Waals surface area (Å²) in [5.41, 5.74) is 0. The van der Waals surface area contributed by atoms with Gasteiger partial charge in [-0.3, -0.25) is 4.79 Å². The van der Waals surface area contributed by atoms with E-state index in [-0.39, 0.29) is 27.5 Å². The first-order chi connectivity index (χ1) is 9.49. The van der Waals surface area contributed by atoms with Crippen molar-refractivity contribution in [1.29, 1.82) is 0 Å². The van der Waals surface area contributed by atoms with E-state index in [1.165, 1.54) is 6.20 Å². The molecule has 112 valence electrons. The van der Waals surface area contributed by atoms with Crippen molar-refractivity contribution in [3.05, 3.63) is 10.7 Å². The van der Waals surface area contributed by atoms with Crippen LogP contribution in [0.5, 0.6) is 0 Å². The Morgan fingerprint density at radius 2 is 2.20 bits per heavy atom. The Balaban J connectivity index is 1.81. The number of hydrogen-bond donors (Lipinski definition) is 1. The molecule has 0 radical (unpaired) electrons. The van der Waals surface area contributed by atoms with Crippen molar-refractivity contribution in [2.45, 2.75) is 10.6 Å². The molecule has 0 bridgehead atoms. The number of ether oxygens (including phenoxy) is 1. The second-order valence-corrected chi connectivity index (χ2v) is 7.68. The number of nitrogens with zero attached hydrogens (tertiary/aromatic N) is 2. The van der Waals surface area contributed by atoms with Crippen molar-refractivity contribution >= 4 is 38.9 Å². The van der Waals surface area contributed by atoms with Crippen molar-refractivity contribution < 1.29 is 17.9 Å². The van der Waals surface area contributed by atoms with Crippen molar-refractivity contribution in [2.75, 3.05) is 32.8 Å². The zero-order valence-electron chi connectivity index (χ0n) is 10.5. The van der Waals surface area contributed by atoms with Crippen molar-refractivity contribution in [2.24, 2.45) is 0 Å². The van der Waals surface area contributed by atoms with E-state index in [1.807, 2.05) is 0 Å². The van der Waals surface area contributed by atoms with Gasteiger partial charge in [-0.2, -0.15) is 0 Å². The molecule has 7 nitrogen and oxygen atoms in total. The number of amides is 1. The molecule has 1 fully saturated rings. The molecule has 1 aliphatic rings. The Morgan fingerprint density at radius 1 is 1.50 bits per heavy atom. The summed E-state index contributed by atoms with van der Waals surface area (Å²) in [4.78, 5) is 17.2. The lowest BCUT2D eigenvalue weighted by molar-refractivity contribution is -0.135. The molecule has 0 atom stereocenters. The SMILES string of the molecule is O=C(CCNS(=O)(=O)c1cnc(Cl)s1)N1CCOCC1. The Bertz CT molecular complexity index is 569. The fourth-order valence-corrected chi connectivity index (χ4v) is 4.07. The number of halogens is 1. The van der Waals surface area contributed by atoms with Crippen LogP contribution in [0, 0.1) is 0 Å². The van der Waals surface area contributed by atoms with Gasteiger partial charge in [-0.05, 0) is 0 Å². The fraction of sp³-hybridized carbons (Fsp3) is 0.600. The van der Waals surface area contributed by atoms with Crippen molar-refractivity contribution in [3.63, 3.8) is 0 Å². The minimum Gasteiger partial charge on any atom is -0.378 e. The predicted octanol–water partition coefficient (Wildman–Crippen LogP) is 0.324. The molecule has 1 saturated heterocycles. The Morgan fingerprint density at radius 3 is 2.80 bits per heavy atom. The number of rotatable bonds is 5. The molecule has 1 aromatic heterocycles. The minimum atomic E-state index is -3.64. The van der Waals surface area contributed by atoms with Gasteiger partial charge in [0.15, 0.2) is 8.68 Å². The molecule has 0 unspecified atom stereocenters. The van der Waals surface area contributed by atoms with Gasteiger partial charge in [0, 0.05) is 26.1 Å². The largest absolute Gasteiger partial charge is 0.378 e. The molecule has 0 aromatic carbocycles. The van der Waals surface area contributed by atoms with Crippen LogP contribution in [0.15, 0.2) is 10.4 Å². The summed E-state index contributed by atoms with van der Waals surface area (Å²) in [6.45, 7) is 2.20. The lowest BCUT2D eigenvalue weighted by Gasteiger charge is -2.26. The molecule has 0 saturated carbocycles. The molecule has 20 heavy (non-hydrogen) atoms. The summed E-state index contributed by atoms with van der Waals surface area (Å²) in [5, 5.41) is 0. The Labute approximate surface area is 125 Å². The van der Waals surface area contributed by atoms with Crippen LogP contribution in [0.4, 0.5) is 0 Å². The van der Waals surface area contributed by atoms with Gasteiger partial charge < -0.3 is 9.64 Å². The second kappa shape index (κ2) is 6.81.